The number of anilines is 1. The smallest absolute Gasteiger partial charge is 0.221 e. The maximum atomic E-state index is 11.1. The van der Waals surface area contributed by atoms with Gasteiger partial charge in [0.2, 0.25) is 5.91 Å². The Morgan fingerprint density at radius 1 is 1.26 bits per heavy atom. The molecule has 2 rings (SSSR count). The molecule has 0 radical (unpaired) electrons. The van der Waals surface area contributed by atoms with E-state index in [4.69, 9.17) is 0 Å². The fourth-order valence-electron chi connectivity index (χ4n) is 2.81. The highest BCUT2D eigenvalue weighted by Gasteiger charge is 2.13. The van der Waals surface area contributed by atoms with E-state index in [1.807, 2.05) is 18.2 Å². The first-order valence-electron chi connectivity index (χ1n) is 7.32. The van der Waals surface area contributed by atoms with Gasteiger partial charge in [0.25, 0.3) is 0 Å². The number of nitrogens with one attached hydrogen (secondary N) is 2. The molecule has 1 saturated carbocycles. The molecule has 1 aromatic rings. The lowest BCUT2D eigenvalue weighted by atomic mass is 10.0. The first kappa shape index (κ1) is 14.1. The molecule has 2 N–H and O–H groups in total. The summed E-state index contributed by atoms with van der Waals surface area (Å²) in [5.41, 5.74) is 2.08. The van der Waals surface area contributed by atoms with Crippen LogP contribution in [-0.2, 0) is 11.3 Å². The van der Waals surface area contributed by atoms with Gasteiger partial charge in [0.15, 0.2) is 0 Å². The lowest BCUT2D eigenvalue weighted by Crippen LogP contribution is -2.18. The monoisotopic (exact) mass is 260 g/mol. The summed E-state index contributed by atoms with van der Waals surface area (Å²) in [6.45, 7) is 3.44. The van der Waals surface area contributed by atoms with Gasteiger partial charge < -0.3 is 10.6 Å². The zero-order valence-electron chi connectivity index (χ0n) is 11.7. The Morgan fingerprint density at radius 2 is 2.00 bits per heavy atom. The Bertz CT molecular complexity index is 411. The quantitative estimate of drug-likeness (QED) is 0.770. The Kier molecular flexibility index (Phi) is 5.40. The van der Waals surface area contributed by atoms with Crippen LogP contribution in [-0.4, -0.2) is 12.5 Å². The first-order valence-corrected chi connectivity index (χ1v) is 7.32. The largest absolute Gasteiger partial charge is 0.326 e. The zero-order chi connectivity index (χ0) is 13.5. The first-order chi connectivity index (χ1) is 9.25. The second kappa shape index (κ2) is 7.29. The van der Waals surface area contributed by atoms with Gasteiger partial charge in [-0.2, -0.15) is 0 Å². The maximum Gasteiger partial charge on any atom is 0.221 e. The van der Waals surface area contributed by atoms with E-state index < -0.39 is 0 Å². The summed E-state index contributed by atoms with van der Waals surface area (Å²) in [4.78, 5) is 11.1. The lowest BCUT2D eigenvalue weighted by molar-refractivity contribution is -0.114. The fraction of sp³-hybridized carbons (Fsp3) is 0.562. The van der Waals surface area contributed by atoms with Gasteiger partial charge in [-0.25, -0.2) is 0 Å². The summed E-state index contributed by atoms with van der Waals surface area (Å²) in [5.74, 6) is 0.913. The van der Waals surface area contributed by atoms with E-state index in [2.05, 4.69) is 16.7 Å². The van der Waals surface area contributed by atoms with Gasteiger partial charge >= 0.3 is 0 Å². The predicted octanol–water partition coefficient (Wildman–Crippen LogP) is 3.31. The molecule has 0 aromatic heterocycles. The van der Waals surface area contributed by atoms with Gasteiger partial charge in [-0.05, 0) is 30.5 Å². The van der Waals surface area contributed by atoms with E-state index in [-0.39, 0.29) is 5.91 Å². The molecule has 3 nitrogen and oxygen atoms in total. The lowest BCUT2D eigenvalue weighted by Gasteiger charge is -2.12. The van der Waals surface area contributed by atoms with Crippen LogP contribution in [0.1, 0.15) is 44.6 Å². The molecule has 0 spiro atoms. The van der Waals surface area contributed by atoms with Crippen molar-refractivity contribution >= 4 is 11.6 Å². The third kappa shape index (κ3) is 4.67. The van der Waals surface area contributed by atoms with E-state index in [9.17, 15) is 4.79 Å². The van der Waals surface area contributed by atoms with Gasteiger partial charge in [0, 0.05) is 19.2 Å². The highest BCUT2D eigenvalue weighted by Crippen LogP contribution is 2.27. The topological polar surface area (TPSA) is 41.1 Å². The van der Waals surface area contributed by atoms with Crippen molar-refractivity contribution in [3.05, 3.63) is 29.8 Å². The van der Waals surface area contributed by atoms with Crippen LogP contribution in [0, 0.1) is 5.92 Å². The van der Waals surface area contributed by atoms with Gasteiger partial charge in [0.1, 0.15) is 0 Å². The minimum absolute atomic E-state index is 0.0154. The second-order valence-electron chi connectivity index (χ2n) is 5.45. The Balaban J connectivity index is 1.76. The molecule has 1 amide bonds. The van der Waals surface area contributed by atoms with Crippen LogP contribution in [0.2, 0.25) is 0 Å². The van der Waals surface area contributed by atoms with Crippen LogP contribution < -0.4 is 10.6 Å². The van der Waals surface area contributed by atoms with Crippen LogP contribution >= 0.6 is 0 Å². The molecular weight excluding hydrogens is 236 g/mol. The van der Waals surface area contributed by atoms with Gasteiger partial charge in [-0.1, -0.05) is 43.9 Å². The molecule has 1 aliphatic carbocycles. The molecule has 0 heterocycles. The van der Waals surface area contributed by atoms with Crippen molar-refractivity contribution in [3.63, 3.8) is 0 Å². The zero-order valence-corrected chi connectivity index (χ0v) is 11.7. The van der Waals surface area contributed by atoms with Gasteiger partial charge in [-0.3, -0.25) is 4.79 Å². The summed E-state index contributed by atoms with van der Waals surface area (Å²) in [5, 5.41) is 6.37. The number of benzene rings is 1. The average Bonchev–Trinajstić information content (AvgIpc) is 2.89. The SMILES string of the molecule is CC(=O)Nc1ccccc1CNCCC1CCCC1. The maximum absolute atomic E-state index is 11.1. The van der Waals surface area contributed by atoms with Crippen molar-refractivity contribution in [2.75, 3.05) is 11.9 Å². The summed E-state index contributed by atoms with van der Waals surface area (Å²) < 4.78 is 0. The molecular formula is C16H24N2O. The molecule has 0 unspecified atom stereocenters. The summed E-state index contributed by atoms with van der Waals surface area (Å²) in [6.07, 6.45) is 6.92. The molecule has 0 aliphatic heterocycles. The fourth-order valence-corrected chi connectivity index (χ4v) is 2.81. The van der Waals surface area contributed by atoms with E-state index >= 15 is 0 Å². The molecule has 1 fully saturated rings. The highest BCUT2D eigenvalue weighted by molar-refractivity contribution is 5.89. The third-order valence-corrected chi connectivity index (χ3v) is 3.85. The van der Waals surface area contributed by atoms with Gasteiger partial charge in [-0.15, -0.1) is 0 Å². The number of rotatable bonds is 6. The average molecular weight is 260 g/mol. The van der Waals surface area contributed by atoms with Crippen LogP contribution in [0.15, 0.2) is 24.3 Å². The Labute approximate surface area is 115 Å². The second-order valence-corrected chi connectivity index (χ2v) is 5.45. The number of hydrogen-bond acceptors (Lipinski definition) is 2. The van der Waals surface area contributed by atoms with Crippen molar-refractivity contribution in [3.8, 4) is 0 Å². The van der Waals surface area contributed by atoms with Crippen molar-refractivity contribution in [2.45, 2.75) is 45.6 Å². The molecule has 19 heavy (non-hydrogen) atoms. The summed E-state index contributed by atoms with van der Waals surface area (Å²) in [7, 11) is 0. The van der Waals surface area contributed by atoms with Crippen molar-refractivity contribution in [1.29, 1.82) is 0 Å². The summed E-state index contributed by atoms with van der Waals surface area (Å²) in [6, 6.07) is 7.98. The van der Waals surface area contributed by atoms with E-state index in [1.165, 1.54) is 32.1 Å². The van der Waals surface area contributed by atoms with Crippen LogP contribution in [0.3, 0.4) is 0 Å². The Morgan fingerprint density at radius 3 is 2.74 bits per heavy atom. The van der Waals surface area contributed by atoms with Crippen molar-refractivity contribution < 1.29 is 4.79 Å². The highest BCUT2D eigenvalue weighted by atomic mass is 16.1. The molecule has 1 aromatic carbocycles. The third-order valence-electron chi connectivity index (χ3n) is 3.85. The molecule has 0 atom stereocenters. The van der Waals surface area contributed by atoms with E-state index in [0.717, 1.165) is 30.3 Å². The standard InChI is InChI=1S/C16H24N2O/c1-13(19)18-16-9-5-4-8-15(16)12-17-11-10-14-6-2-3-7-14/h4-5,8-9,14,17H,2-3,6-7,10-12H2,1H3,(H,18,19). The van der Waals surface area contributed by atoms with Gasteiger partial charge in [0.05, 0.1) is 0 Å². The van der Waals surface area contributed by atoms with E-state index in [0.29, 0.717) is 0 Å². The number of amides is 1. The molecule has 3 heteroatoms. The predicted molar refractivity (Wildman–Crippen MR) is 79.0 cm³/mol. The molecule has 0 bridgehead atoms. The van der Waals surface area contributed by atoms with Crippen LogP contribution in [0.5, 0.6) is 0 Å². The normalized spacial score (nSPS) is 15.6. The van der Waals surface area contributed by atoms with Crippen LogP contribution in [0.4, 0.5) is 5.69 Å². The number of para-hydroxylation sites is 1. The molecule has 1 aliphatic rings. The van der Waals surface area contributed by atoms with Crippen molar-refractivity contribution in [1.82, 2.24) is 5.32 Å². The van der Waals surface area contributed by atoms with Crippen LogP contribution in [0.25, 0.3) is 0 Å². The minimum atomic E-state index is -0.0154. The summed E-state index contributed by atoms with van der Waals surface area (Å²) >= 11 is 0. The minimum Gasteiger partial charge on any atom is -0.326 e. The molecule has 104 valence electrons. The van der Waals surface area contributed by atoms with Crippen molar-refractivity contribution in [2.24, 2.45) is 5.92 Å². The number of carbonyl (C=O) groups excluding carboxylic acids is 1. The molecule has 0 saturated heterocycles. The Hall–Kier alpha value is -1.35. The number of hydrogen-bond donors (Lipinski definition) is 2. The van der Waals surface area contributed by atoms with E-state index in [1.54, 1.807) is 6.92 Å². The number of carbonyl (C=O) groups is 1.